The molecule has 1 aromatic rings. The van der Waals surface area contributed by atoms with Crippen molar-refractivity contribution in [2.75, 3.05) is 12.4 Å². The number of halogens is 1. The second kappa shape index (κ2) is 5.40. The maximum absolute atomic E-state index is 13.4. The second-order valence-corrected chi connectivity index (χ2v) is 3.47. The van der Waals surface area contributed by atoms with E-state index in [1.807, 2.05) is 0 Å². The Morgan fingerprint density at radius 1 is 1.41 bits per heavy atom. The largest absolute Gasteiger partial charge is 0.478 e. The quantitative estimate of drug-likeness (QED) is 0.735. The predicted molar refractivity (Wildman–Crippen MR) is 60.5 cm³/mol. The summed E-state index contributed by atoms with van der Waals surface area (Å²) in [5.74, 6) is -2.57. The fraction of sp³-hybridized carbons (Fsp3) is 0.273. The number of carbonyl (C=O) groups is 2. The van der Waals surface area contributed by atoms with Crippen LogP contribution in [0.5, 0.6) is 0 Å². The van der Waals surface area contributed by atoms with Crippen LogP contribution in [0.3, 0.4) is 0 Å². The first-order chi connectivity index (χ1) is 7.97. The van der Waals surface area contributed by atoms with Gasteiger partial charge in [-0.25, -0.2) is 9.18 Å². The fourth-order valence-electron chi connectivity index (χ4n) is 1.19. The zero-order valence-corrected chi connectivity index (χ0v) is 9.45. The summed E-state index contributed by atoms with van der Waals surface area (Å²) >= 11 is 0. The summed E-state index contributed by atoms with van der Waals surface area (Å²) in [5.41, 5.74) is -0.589. The maximum atomic E-state index is 13.4. The smallest absolute Gasteiger partial charge is 0.337 e. The molecule has 0 heterocycles. The molecule has 0 bridgehead atoms. The minimum atomic E-state index is -1.29. The van der Waals surface area contributed by atoms with Gasteiger partial charge in [-0.1, -0.05) is 6.07 Å². The fourth-order valence-corrected chi connectivity index (χ4v) is 1.19. The third kappa shape index (κ3) is 3.01. The van der Waals surface area contributed by atoms with E-state index in [4.69, 9.17) is 5.11 Å². The molecule has 0 aliphatic heterocycles. The van der Waals surface area contributed by atoms with E-state index >= 15 is 0 Å². The molecule has 1 atom stereocenters. The SMILES string of the molecule is CNC(C)C(=O)Nc1c(F)cccc1C(=O)O. The van der Waals surface area contributed by atoms with Gasteiger partial charge in [0.05, 0.1) is 17.3 Å². The van der Waals surface area contributed by atoms with Crippen LogP contribution in [-0.4, -0.2) is 30.1 Å². The lowest BCUT2D eigenvalue weighted by Gasteiger charge is -2.13. The van der Waals surface area contributed by atoms with Gasteiger partial charge in [-0.05, 0) is 26.1 Å². The summed E-state index contributed by atoms with van der Waals surface area (Å²) in [5, 5.41) is 13.8. The highest BCUT2D eigenvalue weighted by atomic mass is 19.1. The van der Waals surface area contributed by atoms with Crippen molar-refractivity contribution in [2.24, 2.45) is 0 Å². The molecular formula is C11H13FN2O3. The molecule has 0 radical (unpaired) electrons. The molecule has 1 aromatic carbocycles. The van der Waals surface area contributed by atoms with Crippen LogP contribution in [0.25, 0.3) is 0 Å². The summed E-state index contributed by atoms with van der Waals surface area (Å²) in [4.78, 5) is 22.4. The Hall–Kier alpha value is -1.95. The number of anilines is 1. The van der Waals surface area contributed by atoms with Crippen molar-refractivity contribution in [3.05, 3.63) is 29.6 Å². The minimum absolute atomic E-state index is 0.276. The van der Waals surface area contributed by atoms with Gasteiger partial charge >= 0.3 is 5.97 Å². The Kier molecular flexibility index (Phi) is 4.17. The highest BCUT2D eigenvalue weighted by Gasteiger charge is 2.18. The van der Waals surface area contributed by atoms with E-state index in [0.29, 0.717) is 0 Å². The number of carboxylic acids is 1. The van der Waals surface area contributed by atoms with E-state index in [9.17, 15) is 14.0 Å². The Morgan fingerprint density at radius 3 is 2.59 bits per heavy atom. The van der Waals surface area contributed by atoms with Gasteiger partial charge in [-0.2, -0.15) is 0 Å². The average molecular weight is 240 g/mol. The van der Waals surface area contributed by atoms with Gasteiger partial charge in [0.2, 0.25) is 5.91 Å². The normalized spacial score (nSPS) is 11.9. The molecule has 17 heavy (non-hydrogen) atoms. The molecule has 6 heteroatoms. The van der Waals surface area contributed by atoms with E-state index in [2.05, 4.69) is 10.6 Å². The monoisotopic (exact) mass is 240 g/mol. The summed E-state index contributed by atoms with van der Waals surface area (Å²) < 4.78 is 13.4. The number of carboxylic acid groups (broad SMARTS) is 1. The van der Waals surface area contributed by atoms with Crippen molar-refractivity contribution >= 4 is 17.6 Å². The molecular weight excluding hydrogens is 227 g/mol. The highest BCUT2D eigenvalue weighted by molar-refractivity contribution is 6.02. The van der Waals surface area contributed by atoms with Crippen LogP contribution < -0.4 is 10.6 Å². The standard InChI is InChI=1S/C11H13FN2O3/c1-6(13-2)10(15)14-9-7(11(16)17)4-3-5-8(9)12/h3-6,13H,1-2H3,(H,14,15)(H,16,17). The molecule has 1 amide bonds. The average Bonchev–Trinajstić information content (AvgIpc) is 2.30. The van der Waals surface area contributed by atoms with E-state index in [1.54, 1.807) is 14.0 Å². The number of hydrogen-bond donors (Lipinski definition) is 3. The van der Waals surface area contributed by atoms with Gasteiger partial charge in [0.15, 0.2) is 0 Å². The van der Waals surface area contributed by atoms with Crippen molar-refractivity contribution in [1.29, 1.82) is 0 Å². The molecule has 92 valence electrons. The van der Waals surface area contributed by atoms with Crippen LogP contribution in [-0.2, 0) is 4.79 Å². The Labute approximate surface area is 97.6 Å². The zero-order chi connectivity index (χ0) is 13.0. The van der Waals surface area contributed by atoms with Gasteiger partial charge < -0.3 is 15.7 Å². The third-order valence-electron chi connectivity index (χ3n) is 2.32. The van der Waals surface area contributed by atoms with Gasteiger partial charge in [-0.15, -0.1) is 0 Å². The summed E-state index contributed by atoms with van der Waals surface area (Å²) in [6, 6.07) is 3.05. The Balaban J connectivity index is 3.05. The lowest BCUT2D eigenvalue weighted by atomic mass is 10.1. The summed E-state index contributed by atoms with van der Waals surface area (Å²) in [6.45, 7) is 1.58. The van der Waals surface area contributed by atoms with Crippen LogP contribution in [0.15, 0.2) is 18.2 Å². The van der Waals surface area contributed by atoms with Crippen molar-refractivity contribution in [1.82, 2.24) is 5.32 Å². The van der Waals surface area contributed by atoms with Crippen LogP contribution >= 0.6 is 0 Å². The first-order valence-corrected chi connectivity index (χ1v) is 4.97. The molecule has 0 aromatic heterocycles. The maximum Gasteiger partial charge on any atom is 0.337 e. The molecule has 5 nitrogen and oxygen atoms in total. The summed E-state index contributed by atoms with van der Waals surface area (Å²) in [7, 11) is 1.57. The number of likely N-dealkylation sites (N-methyl/N-ethyl adjacent to an activating group) is 1. The number of benzene rings is 1. The zero-order valence-electron chi connectivity index (χ0n) is 9.45. The van der Waals surface area contributed by atoms with Gasteiger partial charge in [0, 0.05) is 0 Å². The van der Waals surface area contributed by atoms with E-state index < -0.39 is 23.7 Å². The highest BCUT2D eigenvalue weighted by Crippen LogP contribution is 2.19. The van der Waals surface area contributed by atoms with Crippen LogP contribution in [0, 0.1) is 5.82 Å². The lowest BCUT2D eigenvalue weighted by molar-refractivity contribution is -0.117. The third-order valence-corrected chi connectivity index (χ3v) is 2.32. The molecule has 0 aliphatic carbocycles. The molecule has 1 rings (SSSR count). The number of hydrogen-bond acceptors (Lipinski definition) is 3. The van der Waals surface area contributed by atoms with Crippen LogP contribution in [0.4, 0.5) is 10.1 Å². The van der Waals surface area contributed by atoms with Crippen LogP contribution in [0.2, 0.25) is 0 Å². The minimum Gasteiger partial charge on any atom is -0.478 e. The van der Waals surface area contributed by atoms with Gasteiger partial charge in [-0.3, -0.25) is 4.79 Å². The number of amides is 1. The molecule has 3 N–H and O–H groups in total. The molecule has 0 spiro atoms. The summed E-state index contributed by atoms with van der Waals surface area (Å²) in [6.07, 6.45) is 0. The van der Waals surface area contributed by atoms with Crippen LogP contribution in [0.1, 0.15) is 17.3 Å². The number of para-hydroxylation sites is 1. The number of aromatic carboxylic acids is 1. The van der Waals surface area contributed by atoms with Crippen molar-refractivity contribution in [3.8, 4) is 0 Å². The van der Waals surface area contributed by atoms with Crippen molar-refractivity contribution < 1.29 is 19.1 Å². The molecule has 0 fully saturated rings. The van der Waals surface area contributed by atoms with E-state index in [1.165, 1.54) is 12.1 Å². The first-order valence-electron chi connectivity index (χ1n) is 4.97. The van der Waals surface area contributed by atoms with Crippen molar-refractivity contribution in [3.63, 3.8) is 0 Å². The molecule has 0 saturated carbocycles. The Morgan fingerprint density at radius 2 is 2.06 bits per heavy atom. The van der Waals surface area contributed by atoms with E-state index in [-0.39, 0.29) is 11.3 Å². The number of nitrogens with one attached hydrogen (secondary N) is 2. The topological polar surface area (TPSA) is 78.4 Å². The van der Waals surface area contributed by atoms with Crippen molar-refractivity contribution in [2.45, 2.75) is 13.0 Å². The lowest BCUT2D eigenvalue weighted by Crippen LogP contribution is -2.36. The Bertz CT molecular complexity index is 448. The second-order valence-electron chi connectivity index (χ2n) is 3.47. The molecule has 1 unspecified atom stereocenters. The molecule has 0 aliphatic rings. The predicted octanol–water partition coefficient (Wildman–Crippen LogP) is 1.07. The molecule has 0 saturated heterocycles. The van der Waals surface area contributed by atoms with Gasteiger partial charge in [0.1, 0.15) is 5.82 Å². The number of carbonyl (C=O) groups excluding carboxylic acids is 1. The first kappa shape index (κ1) is 13.1. The number of rotatable bonds is 4. The van der Waals surface area contributed by atoms with E-state index in [0.717, 1.165) is 6.07 Å². The van der Waals surface area contributed by atoms with Gasteiger partial charge in [0.25, 0.3) is 0 Å².